The molecular weight excluding hydrogens is 88.1 g/mol. The van der Waals surface area contributed by atoms with Crippen LogP contribution in [0.3, 0.4) is 0 Å². The molecule has 30 valence electrons. The largest absolute Gasteiger partial charge is 0.366 e. The van der Waals surface area contributed by atoms with Crippen LogP contribution in [-0.2, 0) is 4.18 Å². The Morgan fingerprint density at radius 3 is 2.40 bits per heavy atom. The molecule has 0 bridgehead atoms. The van der Waals surface area contributed by atoms with Crippen LogP contribution in [0.15, 0.2) is 0 Å². The van der Waals surface area contributed by atoms with E-state index in [0.717, 1.165) is 5.75 Å². The first-order valence-electron chi connectivity index (χ1n) is 1.36. The summed E-state index contributed by atoms with van der Waals surface area (Å²) in [6, 6.07) is 0. The molecule has 0 saturated carbocycles. The van der Waals surface area contributed by atoms with E-state index in [2.05, 4.69) is 4.18 Å². The molecule has 1 saturated heterocycles. The van der Waals surface area contributed by atoms with Gasteiger partial charge in [-0.25, -0.2) is 0 Å². The summed E-state index contributed by atoms with van der Waals surface area (Å²) >= 11 is 1.30. The van der Waals surface area contributed by atoms with Crippen LogP contribution in [-0.4, -0.2) is 17.1 Å². The minimum Gasteiger partial charge on any atom is -0.366 e. The minimum atomic E-state index is -0.472. The number of rotatable bonds is 0. The van der Waals surface area contributed by atoms with Gasteiger partial charge in [-0.05, 0) is 12.0 Å². The fourth-order valence-corrected chi connectivity index (χ4v) is 0.387. The molecule has 1 rings (SSSR count). The van der Waals surface area contributed by atoms with Crippen LogP contribution in [0.1, 0.15) is 0 Å². The third kappa shape index (κ3) is 0.560. The first kappa shape index (κ1) is 3.46. The lowest BCUT2D eigenvalue weighted by Gasteiger charge is -2.16. The second-order valence-electron chi connectivity index (χ2n) is 0.835. The van der Waals surface area contributed by atoms with E-state index in [9.17, 15) is 0 Å². The lowest BCUT2D eigenvalue weighted by molar-refractivity contribution is -0.00639. The molecule has 0 aromatic heterocycles. The Bertz CT molecular complexity index is 34.6. The number of hydrogen-bond acceptors (Lipinski definition) is 3. The van der Waals surface area contributed by atoms with Crippen molar-refractivity contribution in [2.75, 3.05) is 5.75 Å². The van der Waals surface area contributed by atoms with Crippen molar-refractivity contribution in [3.8, 4) is 0 Å². The average Bonchev–Trinajstić information content (AvgIpc) is 1.30. The Hall–Kier alpha value is 0.270. The maximum Gasteiger partial charge on any atom is 0.179 e. The Balaban J connectivity index is 2.08. The van der Waals surface area contributed by atoms with Crippen molar-refractivity contribution in [2.45, 2.75) is 6.29 Å². The predicted octanol–water partition coefficient (Wildman–Crippen LogP) is -0.0168. The Kier molecular flexibility index (Phi) is 0.804. The van der Waals surface area contributed by atoms with Gasteiger partial charge >= 0.3 is 0 Å². The van der Waals surface area contributed by atoms with E-state index in [1.54, 1.807) is 0 Å². The van der Waals surface area contributed by atoms with Gasteiger partial charge in [0.25, 0.3) is 0 Å². The van der Waals surface area contributed by atoms with Crippen LogP contribution < -0.4 is 0 Å². The highest BCUT2D eigenvalue weighted by Crippen LogP contribution is 2.18. The van der Waals surface area contributed by atoms with Gasteiger partial charge < -0.3 is 5.11 Å². The molecule has 2 nitrogen and oxygen atoms in total. The predicted molar refractivity (Wildman–Crippen MR) is 19.5 cm³/mol. The van der Waals surface area contributed by atoms with E-state index in [1.807, 2.05) is 0 Å². The highest BCUT2D eigenvalue weighted by molar-refractivity contribution is 7.95. The summed E-state index contributed by atoms with van der Waals surface area (Å²) < 4.78 is 4.40. The molecule has 3 heteroatoms. The fourth-order valence-electron chi connectivity index (χ4n) is 0.129. The molecule has 0 amide bonds. The van der Waals surface area contributed by atoms with E-state index in [4.69, 9.17) is 5.11 Å². The van der Waals surface area contributed by atoms with Gasteiger partial charge in [0.05, 0.1) is 5.75 Å². The summed E-state index contributed by atoms with van der Waals surface area (Å²) in [7, 11) is 0. The second kappa shape index (κ2) is 1.16. The topological polar surface area (TPSA) is 29.5 Å². The zero-order valence-corrected chi connectivity index (χ0v) is 3.36. The molecule has 0 aliphatic carbocycles. The van der Waals surface area contributed by atoms with Gasteiger partial charge in [-0.2, -0.15) is 0 Å². The third-order valence-corrected chi connectivity index (χ3v) is 1.17. The number of hydrogen-bond donors (Lipinski definition) is 1. The van der Waals surface area contributed by atoms with Crippen LogP contribution in [0.25, 0.3) is 0 Å². The van der Waals surface area contributed by atoms with Gasteiger partial charge in [-0.3, -0.25) is 4.18 Å². The summed E-state index contributed by atoms with van der Waals surface area (Å²) in [6.45, 7) is 0. The van der Waals surface area contributed by atoms with Crippen LogP contribution in [0.5, 0.6) is 0 Å². The van der Waals surface area contributed by atoms with Gasteiger partial charge in [-0.15, -0.1) is 0 Å². The maximum absolute atomic E-state index is 8.20. The molecule has 1 N–H and O–H groups in total. The summed E-state index contributed by atoms with van der Waals surface area (Å²) in [6.07, 6.45) is -0.472. The lowest BCUT2D eigenvalue weighted by atomic mass is 10.8. The molecule has 0 aromatic carbocycles. The van der Waals surface area contributed by atoms with Crippen LogP contribution >= 0.6 is 12.0 Å². The molecule has 1 aliphatic rings. The van der Waals surface area contributed by atoms with E-state index in [0.29, 0.717) is 0 Å². The van der Waals surface area contributed by atoms with E-state index >= 15 is 0 Å². The van der Waals surface area contributed by atoms with Crippen molar-refractivity contribution in [1.29, 1.82) is 0 Å². The van der Waals surface area contributed by atoms with Crippen molar-refractivity contribution in [3.63, 3.8) is 0 Å². The minimum absolute atomic E-state index is 0.472. The second-order valence-corrected chi connectivity index (χ2v) is 1.60. The standard InChI is InChI=1S/C2H4O2S/c3-2-1-5-4-2/h2-3H,1H2. The molecule has 0 radical (unpaired) electrons. The Morgan fingerprint density at radius 2 is 2.40 bits per heavy atom. The first-order chi connectivity index (χ1) is 2.39. The quantitative estimate of drug-likeness (QED) is 0.426. The normalized spacial score (nSPS) is 36.6. The summed E-state index contributed by atoms with van der Waals surface area (Å²) in [5.74, 6) is 0.736. The molecule has 1 unspecified atom stereocenters. The number of aliphatic hydroxyl groups is 1. The molecule has 1 fully saturated rings. The van der Waals surface area contributed by atoms with Crippen LogP contribution in [0.4, 0.5) is 0 Å². The van der Waals surface area contributed by atoms with E-state index in [1.165, 1.54) is 12.0 Å². The van der Waals surface area contributed by atoms with Gasteiger partial charge in [0.15, 0.2) is 6.29 Å². The maximum atomic E-state index is 8.20. The zero-order chi connectivity index (χ0) is 3.70. The monoisotopic (exact) mass is 92.0 g/mol. The smallest absolute Gasteiger partial charge is 0.179 e. The van der Waals surface area contributed by atoms with Gasteiger partial charge in [0.2, 0.25) is 0 Å². The summed E-state index contributed by atoms with van der Waals surface area (Å²) in [4.78, 5) is 0. The molecule has 0 aromatic rings. The molecular formula is C2H4O2S. The molecule has 1 heterocycles. The van der Waals surface area contributed by atoms with Crippen LogP contribution in [0, 0.1) is 0 Å². The van der Waals surface area contributed by atoms with Crippen molar-refractivity contribution in [2.24, 2.45) is 0 Å². The lowest BCUT2D eigenvalue weighted by Crippen LogP contribution is -2.20. The Morgan fingerprint density at radius 1 is 2.00 bits per heavy atom. The molecule has 1 aliphatic heterocycles. The highest BCUT2D eigenvalue weighted by atomic mass is 32.2. The van der Waals surface area contributed by atoms with Crippen molar-refractivity contribution in [3.05, 3.63) is 0 Å². The van der Waals surface area contributed by atoms with Crippen molar-refractivity contribution >= 4 is 12.0 Å². The fraction of sp³-hybridized carbons (Fsp3) is 1.00. The van der Waals surface area contributed by atoms with Crippen molar-refractivity contribution < 1.29 is 9.29 Å². The highest BCUT2D eigenvalue weighted by Gasteiger charge is 2.13. The first-order valence-corrected chi connectivity index (χ1v) is 2.27. The summed E-state index contributed by atoms with van der Waals surface area (Å²) in [5.41, 5.74) is 0. The summed E-state index contributed by atoms with van der Waals surface area (Å²) in [5, 5.41) is 8.20. The Labute approximate surface area is 34.3 Å². The van der Waals surface area contributed by atoms with E-state index < -0.39 is 6.29 Å². The molecule has 0 spiro atoms. The van der Waals surface area contributed by atoms with Gasteiger partial charge in [-0.1, -0.05) is 0 Å². The average molecular weight is 92.1 g/mol. The van der Waals surface area contributed by atoms with Crippen LogP contribution in [0.2, 0.25) is 0 Å². The van der Waals surface area contributed by atoms with E-state index in [-0.39, 0.29) is 0 Å². The molecule has 5 heavy (non-hydrogen) atoms. The third-order valence-electron chi connectivity index (χ3n) is 0.390. The van der Waals surface area contributed by atoms with Crippen molar-refractivity contribution in [1.82, 2.24) is 0 Å². The molecule has 1 atom stereocenters. The SMILES string of the molecule is OC1CSO1. The zero-order valence-electron chi connectivity index (χ0n) is 2.55. The number of aliphatic hydroxyl groups excluding tert-OH is 1. The van der Waals surface area contributed by atoms with Gasteiger partial charge in [0.1, 0.15) is 0 Å². The van der Waals surface area contributed by atoms with Gasteiger partial charge in [0, 0.05) is 0 Å².